The zero-order valence-corrected chi connectivity index (χ0v) is 12.5. The van der Waals surface area contributed by atoms with Crippen LogP contribution in [0, 0.1) is 0 Å². The maximum absolute atomic E-state index is 11.3. The van der Waals surface area contributed by atoms with Crippen molar-refractivity contribution in [1.29, 1.82) is 0 Å². The number of nitrogens with two attached hydrogens (primary N) is 1. The number of ether oxygens (including phenoxy) is 1. The number of carbonyl (C=O) groups is 1. The van der Waals surface area contributed by atoms with Crippen LogP contribution in [0.5, 0.6) is 5.75 Å². The summed E-state index contributed by atoms with van der Waals surface area (Å²) in [5.74, 6) is 0.730. The molecule has 0 saturated heterocycles. The number of nitrogens with one attached hydrogen (secondary N) is 1. The van der Waals surface area contributed by atoms with Crippen LogP contribution in [-0.4, -0.2) is 13.0 Å². The maximum Gasteiger partial charge on any atom is 0.221 e. The highest BCUT2D eigenvalue weighted by Gasteiger charge is 2.12. The van der Waals surface area contributed by atoms with E-state index in [0.717, 1.165) is 11.3 Å². The highest BCUT2D eigenvalue weighted by atomic mass is 16.5. The molecular formula is C17H20N2O2. The normalized spacial score (nSPS) is 11.8. The zero-order chi connectivity index (χ0) is 15.4. The third-order valence-electron chi connectivity index (χ3n) is 3.47. The summed E-state index contributed by atoms with van der Waals surface area (Å²) in [6.07, 6.45) is 0. The predicted molar refractivity (Wildman–Crippen MR) is 85.7 cm³/mol. The molecule has 4 nitrogen and oxygen atoms in total. The van der Waals surface area contributed by atoms with Crippen LogP contribution in [0.2, 0.25) is 0 Å². The van der Waals surface area contributed by atoms with Crippen LogP contribution in [0.1, 0.15) is 30.9 Å². The van der Waals surface area contributed by atoms with E-state index in [1.807, 2.05) is 42.5 Å². The molecule has 2 rings (SSSR count). The van der Waals surface area contributed by atoms with Crippen molar-refractivity contribution in [1.82, 2.24) is 0 Å². The Kier molecular flexibility index (Phi) is 4.48. The van der Waals surface area contributed by atoms with Crippen molar-refractivity contribution in [3.05, 3.63) is 53.6 Å². The average molecular weight is 284 g/mol. The van der Waals surface area contributed by atoms with E-state index in [9.17, 15) is 4.79 Å². The Morgan fingerprint density at radius 2 is 1.76 bits per heavy atom. The second kappa shape index (κ2) is 6.31. The fourth-order valence-electron chi connectivity index (χ4n) is 2.26. The highest BCUT2D eigenvalue weighted by Crippen LogP contribution is 2.31. The number of benzene rings is 2. The fraction of sp³-hybridized carbons (Fsp3) is 0.235. The first-order valence-electron chi connectivity index (χ1n) is 6.82. The number of nitrogen functional groups attached to an aromatic ring is 1. The number of hydrogen-bond acceptors (Lipinski definition) is 3. The molecule has 0 saturated carbocycles. The van der Waals surface area contributed by atoms with Gasteiger partial charge in [-0.3, -0.25) is 4.79 Å². The molecule has 4 heteroatoms. The van der Waals surface area contributed by atoms with Gasteiger partial charge in [0, 0.05) is 18.5 Å². The van der Waals surface area contributed by atoms with Gasteiger partial charge in [-0.15, -0.1) is 0 Å². The Hall–Kier alpha value is -2.49. The third kappa shape index (κ3) is 3.54. The second-order valence-electron chi connectivity index (χ2n) is 5.03. The van der Waals surface area contributed by atoms with Crippen LogP contribution in [0.4, 0.5) is 11.4 Å². The third-order valence-corrected chi connectivity index (χ3v) is 3.47. The Bertz CT molecular complexity index is 636. The van der Waals surface area contributed by atoms with E-state index < -0.39 is 0 Å². The van der Waals surface area contributed by atoms with Gasteiger partial charge >= 0.3 is 0 Å². The molecule has 0 radical (unpaired) electrons. The Labute approximate surface area is 124 Å². The molecule has 0 aliphatic rings. The summed E-state index contributed by atoms with van der Waals surface area (Å²) in [5, 5.41) is 2.80. The summed E-state index contributed by atoms with van der Waals surface area (Å²) in [6, 6.07) is 13.6. The Balaban J connectivity index is 2.34. The van der Waals surface area contributed by atoms with Crippen LogP contribution in [-0.2, 0) is 4.79 Å². The lowest BCUT2D eigenvalue weighted by Crippen LogP contribution is -2.08. The zero-order valence-electron chi connectivity index (χ0n) is 12.5. The first-order chi connectivity index (χ1) is 10.0. The summed E-state index contributed by atoms with van der Waals surface area (Å²) >= 11 is 0. The van der Waals surface area contributed by atoms with Gasteiger partial charge in [-0.2, -0.15) is 0 Å². The summed E-state index contributed by atoms with van der Waals surface area (Å²) in [4.78, 5) is 11.3. The summed E-state index contributed by atoms with van der Waals surface area (Å²) in [5.41, 5.74) is 9.42. The lowest BCUT2D eigenvalue weighted by Gasteiger charge is -2.16. The molecule has 0 aromatic heterocycles. The first-order valence-corrected chi connectivity index (χ1v) is 6.82. The van der Waals surface area contributed by atoms with Gasteiger partial charge in [0.05, 0.1) is 12.8 Å². The molecule has 2 aromatic carbocycles. The number of hydrogen-bond donors (Lipinski definition) is 2. The molecule has 0 aliphatic heterocycles. The maximum atomic E-state index is 11.3. The molecule has 110 valence electrons. The average Bonchev–Trinajstić information content (AvgIpc) is 2.46. The molecule has 0 fully saturated rings. The Morgan fingerprint density at radius 1 is 1.14 bits per heavy atom. The molecule has 21 heavy (non-hydrogen) atoms. The largest absolute Gasteiger partial charge is 0.495 e. The van der Waals surface area contributed by atoms with Crippen molar-refractivity contribution in [3.63, 3.8) is 0 Å². The molecule has 1 unspecified atom stereocenters. The lowest BCUT2D eigenvalue weighted by atomic mass is 9.92. The quantitative estimate of drug-likeness (QED) is 0.846. The van der Waals surface area contributed by atoms with Gasteiger partial charge < -0.3 is 15.8 Å². The number of methoxy groups -OCH3 is 1. The minimum absolute atomic E-state index is 0.120. The van der Waals surface area contributed by atoms with Crippen LogP contribution in [0.3, 0.4) is 0 Å². The minimum Gasteiger partial charge on any atom is -0.495 e. The van der Waals surface area contributed by atoms with Gasteiger partial charge in [-0.05, 0) is 35.4 Å². The smallest absolute Gasteiger partial charge is 0.221 e. The van der Waals surface area contributed by atoms with E-state index >= 15 is 0 Å². The van der Waals surface area contributed by atoms with E-state index in [0.29, 0.717) is 11.4 Å². The van der Waals surface area contributed by atoms with Crippen molar-refractivity contribution < 1.29 is 9.53 Å². The fourth-order valence-corrected chi connectivity index (χ4v) is 2.26. The summed E-state index contributed by atoms with van der Waals surface area (Å²) < 4.78 is 5.27. The topological polar surface area (TPSA) is 64.3 Å². The lowest BCUT2D eigenvalue weighted by molar-refractivity contribution is -0.114. The molecular weight excluding hydrogens is 264 g/mol. The van der Waals surface area contributed by atoms with Crippen LogP contribution < -0.4 is 15.8 Å². The van der Waals surface area contributed by atoms with Gasteiger partial charge in [0.15, 0.2) is 0 Å². The van der Waals surface area contributed by atoms with Crippen molar-refractivity contribution in [2.24, 2.45) is 0 Å². The Morgan fingerprint density at radius 3 is 2.33 bits per heavy atom. The molecule has 1 amide bonds. The summed E-state index contributed by atoms with van der Waals surface area (Å²) in [7, 11) is 1.59. The molecule has 1 atom stereocenters. The highest BCUT2D eigenvalue weighted by molar-refractivity contribution is 5.90. The molecule has 2 aromatic rings. The molecule has 0 aliphatic carbocycles. The van der Waals surface area contributed by atoms with Gasteiger partial charge in [-0.1, -0.05) is 25.1 Å². The number of rotatable bonds is 4. The number of anilines is 2. The van der Waals surface area contributed by atoms with Crippen LogP contribution in [0.15, 0.2) is 42.5 Å². The van der Waals surface area contributed by atoms with E-state index in [2.05, 4.69) is 12.2 Å². The summed E-state index contributed by atoms with van der Waals surface area (Å²) in [6.45, 7) is 3.60. The first kappa shape index (κ1) is 14.9. The van der Waals surface area contributed by atoms with Crippen molar-refractivity contribution in [2.75, 3.05) is 18.2 Å². The van der Waals surface area contributed by atoms with Gasteiger partial charge in [-0.25, -0.2) is 0 Å². The van der Waals surface area contributed by atoms with Crippen LogP contribution >= 0.6 is 0 Å². The molecule has 0 bridgehead atoms. The van der Waals surface area contributed by atoms with Crippen molar-refractivity contribution >= 4 is 17.3 Å². The van der Waals surface area contributed by atoms with Crippen molar-refractivity contribution in [2.45, 2.75) is 19.8 Å². The van der Waals surface area contributed by atoms with E-state index in [1.165, 1.54) is 12.5 Å². The second-order valence-corrected chi connectivity index (χ2v) is 5.03. The predicted octanol–water partition coefficient (Wildman–Crippen LogP) is 3.39. The van der Waals surface area contributed by atoms with Crippen LogP contribution in [0.25, 0.3) is 0 Å². The van der Waals surface area contributed by atoms with Crippen molar-refractivity contribution in [3.8, 4) is 5.75 Å². The van der Waals surface area contributed by atoms with Gasteiger partial charge in [0.1, 0.15) is 5.75 Å². The SMILES string of the molecule is COc1ccc(C(C)c2ccc(N)cc2)cc1NC(C)=O. The minimum atomic E-state index is -0.120. The molecule has 0 spiro atoms. The van der Waals surface area contributed by atoms with E-state index in [1.54, 1.807) is 7.11 Å². The standard InChI is InChI=1S/C17H20N2O2/c1-11(13-4-7-15(18)8-5-13)14-6-9-17(21-3)16(10-14)19-12(2)20/h4-11H,18H2,1-3H3,(H,19,20). The number of amides is 1. The monoisotopic (exact) mass is 284 g/mol. The van der Waals surface area contributed by atoms with Gasteiger partial charge in [0.2, 0.25) is 5.91 Å². The molecule has 0 heterocycles. The van der Waals surface area contributed by atoms with Gasteiger partial charge in [0.25, 0.3) is 0 Å². The van der Waals surface area contributed by atoms with E-state index in [4.69, 9.17) is 10.5 Å². The molecule has 3 N–H and O–H groups in total. The number of carbonyl (C=O) groups excluding carboxylic acids is 1. The van der Waals surface area contributed by atoms with E-state index in [-0.39, 0.29) is 11.8 Å².